The molecule has 0 aliphatic rings. The van der Waals surface area contributed by atoms with Crippen LogP contribution in [0.2, 0.25) is 0 Å². The standard InChI is InChI=1S/C12H14BrN3O/c1-8(10-4-3-5-11(13)6-10)14-7-12-16-15-9(2)17-12/h3-6,8,14H,7H2,1-2H3/t8-/m0/s1. The second kappa shape index (κ2) is 5.42. The van der Waals surface area contributed by atoms with Gasteiger partial charge in [-0.1, -0.05) is 28.1 Å². The third-order valence-corrected chi connectivity index (χ3v) is 2.97. The first-order chi connectivity index (χ1) is 8.15. The number of aromatic nitrogens is 2. The predicted octanol–water partition coefficient (Wildman–Crippen LogP) is 2.99. The van der Waals surface area contributed by atoms with E-state index in [-0.39, 0.29) is 6.04 Å². The van der Waals surface area contributed by atoms with Crippen LogP contribution in [0.3, 0.4) is 0 Å². The second-order valence-electron chi connectivity index (χ2n) is 3.87. The van der Waals surface area contributed by atoms with Crippen molar-refractivity contribution in [3.8, 4) is 0 Å². The van der Waals surface area contributed by atoms with E-state index in [4.69, 9.17) is 4.42 Å². The van der Waals surface area contributed by atoms with E-state index in [2.05, 4.69) is 50.5 Å². The monoisotopic (exact) mass is 295 g/mol. The summed E-state index contributed by atoms with van der Waals surface area (Å²) in [5.41, 5.74) is 1.22. The van der Waals surface area contributed by atoms with Crippen molar-refractivity contribution >= 4 is 15.9 Å². The minimum atomic E-state index is 0.236. The maximum absolute atomic E-state index is 5.30. The van der Waals surface area contributed by atoms with Gasteiger partial charge in [-0.3, -0.25) is 0 Å². The van der Waals surface area contributed by atoms with Crippen LogP contribution < -0.4 is 5.32 Å². The quantitative estimate of drug-likeness (QED) is 0.942. The normalized spacial score (nSPS) is 12.6. The number of rotatable bonds is 4. The van der Waals surface area contributed by atoms with Crippen molar-refractivity contribution < 1.29 is 4.42 Å². The number of halogens is 1. The smallest absolute Gasteiger partial charge is 0.230 e. The molecule has 0 saturated heterocycles. The Morgan fingerprint density at radius 2 is 2.24 bits per heavy atom. The first kappa shape index (κ1) is 12.3. The fourth-order valence-corrected chi connectivity index (χ4v) is 1.96. The molecule has 1 atom stereocenters. The highest BCUT2D eigenvalue weighted by atomic mass is 79.9. The summed E-state index contributed by atoms with van der Waals surface area (Å²) in [6, 6.07) is 8.45. The minimum absolute atomic E-state index is 0.236. The largest absolute Gasteiger partial charge is 0.424 e. The molecule has 90 valence electrons. The summed E-state index contributed by atoms with van der Waals surface area (Å²) in [6.45, 7) is 4.47. The van der Waals surface area contributed by atoms with Gasteiger partial charge in [-0.25, -0.2) is 0 Å². The maximum Gasteiger partial charge on any atom is 0.230 e. The molecule has 1 heterocycles. The maximum atomic E-state index is 5.30. The fourth-order valence-electron chi connectivity index (χ4n) is 1.54. The van der Waals surface area contributed by atoms with Gasteiger partial charge in [-0.15, -0.1) is 10.2 Å². The average molecular weight is 296 g/mol. The van der Waals surface area contributed by atoms with Crippen LogP contribution in [0.1, 0.15) is 30.3 Å². The van der Waals surface area contributed by atoms with E-state index in [1.807, 2.05) is 12.1 Å². The molecule has 0 bridgehead atoms. The number of nitrogens with zero attached hydrogens (tertiary/aromatic N) is 2. The zero-order valence-electron chi connectivity index (χ0n) is 9.77. The van der Waals surface area contributed by atoms with Gasteiger partial charge >= 0.3 is 0 Å². The molecule has 2 rings (SSSR count). The summed E-state index contributed by atoms with van der Waals surface area (Å²) < 4.78 is 6.38. The van der Waals surface area contributed by atoms with Gasteiger partial charge < -0.3 is 9.73 Å². The Hall–Kier alpha value is -1.20. The molecule has 2 aromatic rings. The van der Waals surface area contributed by atoms with E-state index in [1.54, 1.807) is 6.92 Å². The van der Waals surface area contributed by atoms with Crippen LogP contribution in [0.15, 0.2) is 33.2 Å². The highest BCUT2D eigenvalue weighted by Gasteiger charge is 2.07. The van der Waals surface area contributed by atoms with Crippen LogP contribution in [0.4, 0.5) is 0 Å². The van der Waals surface area contributed by atoms with Gasteiger partial charge in [0.1, 0.15) is 0 Å². The van der Waals surface area contributed by atoms with Crippen LogP contribution in [0.5, 0.6) is 0 Å². The Kier molecular flexibility index (Phi) is 3.91. The first-order valence-electron chi connectivity index (χ1n) is 5.43. The Balaban J connectivity index is 1.95. The van der Waals surface area contributed by atoms with Gasteiger partial charge in [-0.2, -0.15) is 0 Å². The topological polar surface area (TPSA) is 51.0 Å². The molecule has 0 aliphatic carbocycles. The van der Waals surface area contributed by atoms with Crippen molar-refractivity contribution in [2.45, 2.75) is 26.4 Å². The van der Waals surface area contributed by atoms with Gasteiger partial charge in [-0.05, 0) is 24.6 Å². The second-order valence-corrected chi connectivity index (χ2v) is 4.79. The van der Waals surface area contributed by atoms with Gasteiger partial charge in [0.15, 0.2) is 0 Å². The molecule has 0 spiro atoms. The highest BCUT2D eigenvalue weighted by molar-refractivity contribution is 9.10. The van der Waals surface area contributed by atoms with Crippen LogP contribution in [-0.2, 0) is 6.54 Å². The minimum Gasteiger partial charge on any atom is -0.424 e. The summed E-state index contributed by atoms with van der Waals surface area (Å²) in [4.78, 5) is 0. The van der Waals surface area contributed by atoms with Gasteiger partial charge in [0.25, 0.3) is 0 Å². The fraction of sp³-hybridized carbons (Fsp3) is 0.333. The molecule has 0 saturated carbocycles. The number of hydrogen-bond donors (Lipinski definition) is 1. The number of hydrogen-bond acceptors (Lipinski definition) is 4. The zero-order valence-corrected chi connectivity index (χ0v) is 11.4. The van der Waals surface area contributed by atoms with E-state index < -0.39 is 0 Å². The Labute approximate surface area is 109 Å². The summed E-state index contributed by atoms with van der Waals surface area (Å²) in [5, 5.41) is 11.1. The number of nitrogens with one attached hydrogen (secondary N) is 1. The first-order valence-corrected chi connectivity index (χ1v) is 6.22. The Bertz CT molecular complexity index is 498. The molecule has 1 aromatic carbocycles. The Morgan fingerprint density at radius 3 is 2.88 bits per heavy atom. The lowest BCUT2D eigenvalue weighted by Gasteiger charge is -2.12. The summed E-state index contributed by atoms with van der Waals surface area (Å²) in [5.74, 6) is 1.21. The van der Waals surface area contributed by atoms with Gasteiger partial charge in [0, 0.05) is 17.4 Å². The molecule has 0 amide bonds. The molecule has 1 aromatic heterocycles. The van der Waals surface area contributed by atoms with E-state index in [0.717, 1.165) is 4.47 Å². The van der Waals surface area contributed by atoms with E-state index >= 15 is 0 Å². The summed E-state index contributed by atoms with van der Waals surface area (Å²) in [7, 11) is 0. The van der Waals surface area contributed by atoms with Crippen molar-refractivity contribution in [3.63, 3.8) is 0 Å². The van der Waals surface area contributed by atoms with Gasteiger partial charge in [0.2, 0.25) is 11.8 Å². The van der Waals surface area contributed by atoms with Crippen molar-refractivity contribution in [1.82, 2.24) is 15.5 Å². The van der Waals surface area contributed by atoms with Crippen LogP contribution >= 0.6 is 15.9 Å². The average Bonchev–Trinajstić information content (AvgIpc) is 2.72. The lowest BCUT2D eigenvalue weighted by atomic mass is 10.1. The van der Waals surface area contributed by atoms with Crippen molar-refractivity contribution in [3.05, 3.63) is 46.1 Å². The molecular formula is C12H14BrN3O. The Morgan fingerprint density at radius 1 is 1.41 bits per heavy atom. The van der Waals surface area contributed by atoms with E-state index in [9.17, 15) is 0 Å². The molecule has 5 heteroatoms. The lowest BCUT2D eigenvalue weighted by Crippen LogP contribution is -2.18. The SMILES string of the molecule is Cc1nnc(CN[C@@H](C)c2cccc(Br)c2)o1. The van der Waals surface area contributed by atoms with E-state index in [0.29, 0.717) is 18.3 Å². The third-order valence-electron chi connectivity index (χ3n) is 2.48. The van der Waals surface area contributed by atoms with E-state index in [1.165, 1.54) is 5.56 Å². The molecule has 4 nitrogen and oxygen atoms in total. The third kappa shape index (κ3) is 3.38. The van der Waals surface area contributed by atoms with Crippen LogP contribution in [-0.4, -0.2) is 10.2 Å². The lowest BCUT2D eigenvalue weighted by molar-refractivity contribution is 0.430. The molecule has 0 unspecified atom stereocenters. The van der Waals surface area contributed by atoms with Crippen molar-refractivity contribution in [2.75, 3.05) is 0 Å². The molecule has 17 heavy (non-hydrogen) atoms. The van der Waals surface area contributed by atoms with Crippen molar-refractivity contribution in [2.24, 2.45) is 0 Å². The molecule has 0 fully saturated rings. The molecule has 1 N–H and O–H groups in total. The molecule has 0 aliphatic heterocycles. The van der Waals surface area contributed by atoms with Crippen LogP contribution in [0.25, 0.3) is 0 Å². The van der Waals surface area contributed by atoms with Crippen LogP contribution in [0, 0.1) is 6.92 Å². The highest BCUT2D eigenvalue weighted by Crippen LogP contribution is 2.18. The summed E-state index contributed by atoms with van der Waals surface area (Å²) in [6.07, 6.45) is 0. The number of benzene rings is 1. The predicted molar refractivity (Wildman–Crippen MR) is 68.4 cm³/mol. The summed E-state index contributed by atoms with van der Waals surface area (Å²) >= 11 is 3.46. The number of aryl methyl sites for hydroxylation is 1. The molecular weight excluding hydrogens is 282 g/mol. The zero-order chi connectivity index (χ0) is 12.3. The van der Waals surface area contributed by atoms with Crippen molar-refractivity contribution in [1.29, 1.82) is 0 Å². The van der Waals surface area contributed by atoms with Gasteiger partial charge in [0.05, 0.1) is 6.54 Å². The molecule has 0 radical (unpaired) electrons.